The van der Waals surface area contributed by atoms with E-state index in [4.69, 9.17) is 21.3 Å². The third-order valence-electron chi connectivity index (χ3n) is 3.63. The number of rotatable bonds is 5. The van der Waals surface area contributed by atoms with Gasteiger partial charge in [-0.2, -0.15) is 0 Å². The first-order valence-corrected chi connectivity index (χ1v) is 7.96. The third kappa shape index (κ3) is 3.58. The predicted octanol–water partition coefficient (Wildman–Crippen LogP) is 4.24. The van der Waals surface area contributed by atoms with Crippen molar-refractivity contribution < 1.29 is 4.74 Å². The standard InChI is InChI=1S/C19H18ClNO/c20-13-7-12-18-17(14-15-8-3-1-4-9-15)21-19(22-18)16-10-5-2-6-11-16/h1-12,17-18H,13-14H2/b12-7+/t17-,18-/m0/s1. The molecule has 22 heavy (non-hydrogen) atoms. The van der Waals surface area contributed by atoms with Crippen molar-refractivity contribution in [2.75, 3.05) is 5.88 Å². The highest BCUT2D eigenvalue weighted by Gasteiger charge is 2.29. The number of aliphatic imine (C=N–C) groups is 1. The minimum atomic E-state index is -0.0610. The molecule has 2 aromatic rings. The predicted molar refractivity (Wildman–Crippen MR) is 91.6 cm³/mol. The lowest BCUT2D eigenvalue weighted by molar-refractivity contribution is 0.241. The van der Waals surface area contributed by atoms with Gasteiger partial charge in [0, 0.05) is 11.4 Å². The van der Waals surface area contributed by atoms with Crippen LogP contribution in [0.4, 0.5) is 0 Å². The van der Waals surface area contributed by atoms with Gasteiger partial charge in [0.2, 0.25) is 5.90 Å². The molecule has 112 valence electrons. The van der Waals surface area contributed by atoms with E-state index in [1.165, 1.54) is 5.56 Å². The first kappa shape index (κ1) is 14.9. The number of hydrogen-bond donors (Lipinski definition) is 0. The van der Waals surface area contributed by atoms with Crippen molar-refractivity contribution in [2.24, 2.45) is 4.99 Å². The molecular formula is C19H18ClNO. The van der Waals surface area contributed by atoms with E-state index in [9.17, 15) is 0 Å². The second-order valence-electron chi connectivity index (χ2n) is 5.22. The molecule has 0 N–H and O–H groups in total. The van der Waals surface area contributed by atoms with Crippen LogP contribution in [0, 0.1) is 0 Å². The summed E-state index contributed by atoms with van der Waals surface area (Å²) in [5.74, 6) is 1.20. The third-order valence-corrected chi connectivity index (χ3v) is 3.81. The number of benzene rings is 2. The number of ether oxygens (including phenoxy) is 1. The van der Waals surface area contributed by atoms with Crippen LogP contribution in [-0.4, -0.2) is 23.9 Å². The van der Waals surface area contributed by atoms with Crippen molar-refractivity contribution in [3.8, 4) is 0 Å². The summed E-state index contributed by atoms with van der Waals surface area (Å²) in [6.07, 6.45) is 4.73. The molecule has 2 atom stereocenters. The molecule has 3 heteroatoms. The molecule has 0 radical (unpaired) electrons. The Morgan fingerprint density at radius 1 is 1.00 bits per heavy atom. The Hall–Kier alpha value is -2.06. The van der Waals surface area contributed by atoms with Crippen LogP contribution >= 0.6 is 11.6 Å². The Bertz CT molecular complexity index is 652. The van der Waals surface area contributed by atoms with Gasteiger partial charge in [0.1, 0.15) is 6.10 Å². The minimum Gasteiger partial charge on any atom is -0.468 e. The molecule has 0 aromatic heterocycles. The Labute approximate surface area is 136 Å². The van der Waals surface area contributed by atoms with Gasteiger partial charge in [-0.25, -0.2) is 4.99 Å². The highest BCUT2D eigenvalue weighted by atomic mass is 35.5. The summed E-state index contributed by atoms with van der Waals surface area (Å²) in [5, 5.41) is 0. The van der Waals surface area contributed by atoms with E-state index < -0.39 is 0 Å². The summed E-state index contributed by atoms with van der Waals surface area (Å²) in [6.45, 7) is 0. The molecule has 0 spiro atoms. The van der Waals surface area contributed by atoms with Crippen LogP contribution < -0.4 is 0 Å². The molecule has 1 heterocycles. The molecule has 2 nitrogen and oxygen atoms in total. The van der Waals surface area contributed by atoms with Gasteiger partial charge in [-0.05, 0) is 30.2 Å². The van der Waals surface area contributed by atoms with Crippen LogP contribution in [0.3, 0.4) is 0 Å². The van der Waals surface area contributed by atoms with Crippen LogP contribution in [0.25, 0.3) is 0 Å². The summed E-state index contributed by atoms with van der Waals surface area (Å²) in [5.41, 5.74) is 2.28. The SMILES string of the molecule is ClC/C=C/[C@@H]1OC(c2ccccc2)=N[C@H]1Cc1ccccc1. The highest BCUT2D eigenvalue weighted by molar-refractivity contribution is 6.18. The average Bonchev–Trinajstić information content (AvgIpc) is 2.97. The number of nitrogens with zero attached hydrogens (tertiary/aromatic N) is 1. The summed E-state index contributed by atoms with van der Waals surface area (Å²) in [4.78, 5) is 4.79. The van der Waals surface area contributed by atoms with Gasteiger partial charge in [0.25, 0.3) is 0 Å². The maximum atomic E-state index is 6.04. The van der Waals surface area contributed by atoms with Gasteiger partial charge >= 0.3 is 0 Å². The van der Waals surface area contributed by atoms with Gasteiger partial charge in [0.05, 0.1) is 6.04 Å². The van der Waals surface area contributed by atoms with Gasteiger partial charge in [0.15, 0.2) is 0 Å². The van der Waals surface area contributed by atoms with Crippen LogP contribution in [0.1, 0.15) is 11.1 Å². The second kappa shape index (κ2) is 7.28. The van der Waals surface area contributed by atoms with E-state index in [1.807, 2.05) is 48.6 Å². The largest absolute Gasteiger partial charge is 0.468 e. The number of hydrogen-bond acceptors (Lipinski definition) is 2. The highest BCUT2D eigenvalue weighted by Crippen LogP contribution is 2.22. The number of allylic oxidation sites excluding steroid dienone is 1. The molecule has 0 unspecified atom stereocenters. The van der Waals surface area contributed by atoms with Gasteiger partial charge in [-0.3, -0.25) is 0 Å². The normalized spacial score (nSPS) is 20.9. The fourth-order valence-electron chi connectivity index (χ4n) is 2.56. The quantitative estimate of drug-likeness (QED) is 0.598. The Morgan fingerprint density at radius 2 is 1.68 bits per heavy atom. The molecule has 1 aliphatic heterocycles. The first-order valence-electron chi connectivity index (χ1n) is 7.43. The van der Waals surface area contributed by atoms with Crippen molar-refractivity contribution >= 4 is 17.5 Å². The lowest BCUT2D eigenvalue weighted by Crippen LogP contribution is -2.22. The maximum Gasteiger partial charge on any atom is 0.217 e. The minimum absolute atomic E-state index is 0.0610. The van der Waals surface area contributed by atoms with Crippen LogP contribution in [-0.2, 0) is 11.2 Å². The van der Waals surface area contributed by atoms with Crippen molar-refractivity contribution in [1.82, 2.24) is 0 Å². The molecule has 0 aliphatic carbocycles. The van der Waals surface area contributed by atoms with Crippen molar-refractivity contribution in [3.63, 3.8) is 0 Å². The van der Waals surface area contributed by atoms with E-state index in [1.54, 1.807) is 0 Å². The zero-order chi connectivity index (χ0) is 15.2. The first-order chi connectivity index (χ1) is 10.9. The zero-order valence-corrected chi connectivity index (χ0v) is 13.0. The smallest absolute Gasteiger partial charge is 0.217 e. The summed E-state index contributed by atoms with van der Waals surface area (Å²) in [7, 11) is 0. The fourth-order valence-corrected chi connectivity index (χ4v) is 2.66. The van der Waals surface area contributed by atoms with E-state index >= 15 is 0 Å². The lowest BCUT2D eigenvalue weighted by atomic mass is 10.0. The summed E-state index contributed by atoms with van der Waals surface area (Å²) >= 11 is 5.76. The van der Waals surface area contributed by atoms with Gasteiger partial charge < -0.3 is 4.74 Å². The van der Waals surface area contributed by atoms with Crippen LogP contribution in [0.2, 0.25) is 0 Å². The van der Waals surface area contributed by atoms with E-state index in [-0.39, 0.29) is 12.1 Å². The molecular weight excluding hydrogens is 294 g/mol. The van der Waals surface area contributed by atoms with Crippen molar-refractivity contribution in [2.45, 2.75) is 18.6 Å². The Balaban J connectivity index is 1.82. The molecule has 0 bridgehead atoms. The second-order valence-corrected chi connectivity index (χ2v) is 5.53. The number of alkyl halides is 1. The van der Waals surface area contributed by atoms with Crippen LogP contribution in [0.15, 0.2) is 77.8 Å². The Kier molecular flexibility index (Phi) is 4.92. The van der Waals surface area contributed by atoms with E-state index in [0.717, 1.165) is 12.0 Å². The van der Waals surface area contributed by atoms with Gasteiger partial charge in [-0.15, -0.1) is 11.6 Å². The van der Waals surface area contributed by atoms with Crippen molar-refractivity contribution in [3.05, 3.63) is 83.9 Å². The monoisotopic (exact) mass is 311 g/mol. The average molecular weight is 312 g/mol. The maximum absolute atomic E-state index is 6.04. The zero-order valence-electron chi connectivity index (χ0n) is 12.2. The molecule has 0 saturated heterocycles. The van der Waals surface area contributed by atoms with E-state index in [0.29, 0.717) is 11.8 Å². The molecule has 0 amide bonds. The molecule has 0 fully saturated rings. The van der Waals surface area contributed by atoms with Crippen LogP contribution in [0.5, 0.6) is 0 Å². The fraction of sp³-hybridized carbons (Fsp3) is 0.211. The molecule has 1 aliphatic rings. The molecule has 0 saturated carbocycles. The molecule has 3 rings (SSSR count). The summed E-state index contributed by atoms with van der Waals surface area (Å²) in [6, 6.07) is 20.5. The van der Waals surface area contributed by atoms with Crippen molar-refractivity contribution in [1.29, 1.82) is 0 Å². The topological polar surface area (TPSA) is 21.6 Å². The lowest BCUT2D eigenvalue weighted by Gasteiger charge is -2.14. The Morgan fingerprint density at radius 3 is 2.36 bits per heavy atom. The molecule has 2 aromatic carbocycles. The summed E-state index contributed by atoms with van der Waals surface area (Å²) < 4.78 is 6.04. The van der Waals surface area contributed by atoms with E-state index in [2.05, 4.69) is 24.3 Å². The number of halogens is 1. The van der Waals surface area contributed by atoms with Gasteiger partial charge in [-0.1, -0.05) is 54.6 Å².